The molecular weight excluding hydrogens is 422 g/mol. The summed E-state index contributed by atoms with van der Waals surface area (Å²) in [5.41, 5.74) is 0.835. The summed E-state index contributed by atoms with van der Waals surface area (Å²) in [5, 5.41) is 0.174. The minimum absolute atomic E-state index is 0.170. The SMILES string of the molecule is CC(C)(C)[Si](C)(C)OCC12CCC(CC1)N2C(=O)OCc1ccc(Br)cc1. The number of ether oxygens (including phenoxy) is 1. The molecule has 150 valence electrons. The predicted octanol–water partition coefficient (Wildman–Crippen LogP) is 6.10. The largest absolute Gasteiger partial charge is 0.445 e. The molecule has 2 bridgehead atoms. The van der Waals surface area contributed by atoms with E-state index in [1.165, 1.54) is 0 Å². The molecule has 0 N–H and O–H groups in total. The molecular formula is C21H32BrNO3Si. The van der Waals surface area contributed by atoms with Crippen LogP contribution in [0.5, 0.6) is 0 Å². The average molecular weight is 454 g/mol. The minimum atomic E-state index is -1.84. The molecule has 0 saturated carbocycles. The molecule has 2 heterocycles. The number of halogens is 1. The number of benzene rings is 1. The molecule has 3 rings (SSSR count). The first-order chi connectivity index (χ1) is 12.5. The summed E-state index contributed by atoms with van der Waals surface area (Å²) in [4.78, 5) is 14.9. The van der Waals surface area contributed by atoms with E-state index >= 15 is 0 Å². The van der Waals surface area contributed by atoms with Gasteiger partial charge in [-0.25, -0.2) is 4.79 Å². The molecule has 0 unspecified atom stereocenters. The van der Waals surface area contributed by atoms with Crippen LogP contribution in [0, 0.1) is 0 Å². The van der Waals surface area contributed by atoms with Gasteiger partial charge >= 0.3 is 6.09 Å². The van der Waals surface area contributed by atoms with E-state index in [2.05, 4.69) is 49.8 Å². The zero-order valence-electron chi connectivity index (χ0n) is 17.2. The lowest BCUT2D eigenvalue weighted by molar-refractivity contribution is 0.0473. The van der Waals surface area contributed by atoms with E-state index in [0.29, 0.717) is 19.3 Å². The second-order valence-electron chi connectivity index (χ2n) is 9.56. The van der Waals surface area contributed by atoms with Crippen LogP contribution in [0.25, 0.3) is 0 Å². The fourth-order valence-electron chi connectivity index (χ4n) is 3.91. The van der Waals surface area contributed by atoms with Gasteiger partial charge in [0, 0.05) is 10.5 Å². The van der Waals surface area contributed by atoms with E-state index in [9.17, 15) is 4.79 Å². The van der Waals surface area contributed by atoms with Gasteiger partial charge in [-0.3, -0.25) is 4.90 Å². The van der Waals surface area contributed by atoms with Crippen molar-refractivity contribution in [1.29, 1.82) is 0 Å². The molecule has 1 amide bonds. The van der Waals surface area contributed by atoms with Crippen LogP contribution in [0.2, 0.25) is 18.1 Å². The molecule has 2 aliphatic heterocycles. The summed E-state index contributed by atoms with van der Waals surface area (Å²) >= 11 is 3.43. The van der Waals surface area contributed by atoms with Gasteiger partial charge in [-0.15, -0.1) is 0 Å². The van der Waals surface area contributed by atoms with Crippen molar-refractivity contribution in [2.75, 3.05) is 6.61 Å². The van der Waals surface area contributed by atoms with Crippen molar-refractivity contribution in [2.45, 2.75) is 82.8 Å². The monoisotopic (exact) mass is 453 g/mol. The van der Waals surface area contributed by atoms with E-state index in [1.54, 1.807) is 0 Å². The van der Waals surface area contributed by atoms with Crippen molar-refractivity contribution >= 4 is 30.3 Å². The Labute approximate surface area is 172 Å². The lowest BCUT2D eigenvalue weighted by Crippen LogP contribution is -2.52. The molecule has 0 atom stereocenters. The summed E-state index contributed by atoms with van der Waals surface area (Å²) in [7, 11) is -1.84. The topological polar surface area (TPSA) is 38.8 Å². The first kappa shape index (κ1) is 20.9. The summed E-state index contributed by atoms with van der Waals surface area (Å²) in [5.74, 6) is 0. The Morgan fingerprint density at radius 3 is 2.37 bits per heavy atom. The van der Waals surface area contributed by atoms with Gasteiger partial charge in [0.1, 0.15) is 6.61 Å². The first-order valence-corrected chi connectivity index (χ1v) is 13.6. The zero-order valence-corrected chi connectivity index (χ0v) is 19.8. The third kappa shape index (κ3) is 4.27. The van der Waals surface area contributed by atoms with E-state index in [1.807, 2.05) is 29.2 Å². The van der Waals surface area contributed by atoms with Crippen molar-refractivity contribution in [3.8, 4) is 0 Å². The lowest BCUT2D eigenvalue weighted by atomic mass is 9.89. The predicted molar refractivity (Wildman–Crippen MR) is 114 cm³/mol. The molecule has 2 saturated heterocycles. The molecule has 0 aliphatic carbocycles. The number of fused-ring (bicyclic) bond motifs is 2. The van der Waals surface area contributed by atoms with Gasteiger partial charge in [0.2, 0.25) is 0 Å². The molecule has 1 aromatic rings. The van der Waals surface area contributed by atoms with Crippen molar-refractivity contribution in [1.82, 2.24) is 4.90 Å². The number of rotatable bonds is 5. The van der Waals surface area contributed by atoms with Crippen LogP contribution in [0.1, 0.15) is 52.0 Å². The molecule has 2 aliphatic rings. The van der Waals surface area contributed by atoms with E-state index in [0.717, 1.165) is 35.7 Å². The second-order valence-corrected chi connectivity index (χ2v) is 15.3. The van der Waals surface area contributed by atoms with Crippen molar-refractivity contribution in [3.05, 3.63) is 34.3 Å². The molecule has 2 fully saturated rings. The Morgan fingerprint density at radius 1 is 1.22 bits per heavy atom. The van der Waals surface area contributed by atoms with Crippen molar-refractivity contribution in [3.63, 3.8) is 0 Å². The highest BCUT2D eigenvalue weighted by molar-refractivity contribution is 9.10. The Bertz CT molecular complexity index is 676. The Hall–Kier alpha value is -0.853. The maximum atomic E-state index is 12.9. The minimum Gasteiger partial charge on any atom is -0.445 e. The highest BCUT2D eigenvalue weighted by atomic mass is 79.9. The second kappa shape index (κ2) is 7.52. The maximum absolute atomic E-state index is 12.9. The van der Waals surface area contributed by atoms with E-state index in [-0.39, 0.29) is 16.7 Å². The van der Waals surface area contributed by atoms with Gasteiger partial charge in [0.05, 0.1) is 12.1 Å². The zero-order chi connectivity index (χ0) is 19.9. The van der Waals surface area contributed by atoms with Gasteiger partial charge in [0.15, 0.2) is 8.32 Å². The Morgan fingerprint density at radius 2 is 1.81 bits per heavy atom. The van der Waals surface area contributed by atoms with Crippen LogP contribution in [0.15, 0.2) is 28.7 Å². The molecule has 0 radical (unpaired) electrons. The number of hydrogen-bond acceptors (Lipinski definition) is 3. The standard InChI is InChI=1S/C21H32BrNO3Si/c1-20(2,3)27(4,5)26-15-21-12-10-18(11-13-21)23(21)19(24)25-14-16-6-8-17(22)9-7-16/h6-9,18H,10-15H2,1-5H3. The van der Waals surface area contributed by atoms with Crippen LogP contribution in [0.3, 0.4) is 0 Å². The van der Waals surface area contributed by atoms with Crippen molar-refractivity contribution < 1.29 is 14.0 Å². The molecule has 4 nitrogen and oxygen atoms in total. The average Bonchev–Trinajstić information content (AvgIpc) is 3.14. The van der Waals surface area contributed by atoms with Crippen LogP contribution in [-0.2, 0) is 15.8 Å². The van der Waals surface area contributed by atoms with Crippen LogP contribution in [-0.4, -0.2) is 37.5 Å². The van der Waals surface area contributed by atoms with Crippen LogP contribution >= 0.6 is 15.9 Å². The Balaban J connectivity index is 1.65. The summed E-state index contributed by atoms with van der Waals surface area (Å²) in [6.45, 7) is 12.3. The van der Waals surface area contributed by atoms with Gasteiger partial charge in [-0.2, -0.15) is 0 Å². The van der Waals surface area contributed by atoms with Gasteiger partial charge in [0.25, 0.3) is 0 Å². The normalized spacial score (nSPS) is 25.1. The fourth-order valence-corrected chi connectivity index (χ4v) is 5.24. The highest BCUT2D eigenvalue weighted by Crippen LogP contribution is 2.48. The maximum Gasteiger partial charge on any atom is 0.410 e. The van der Waals surface area contributed by atoms with Crippen LogP contribution < -0.4 is 0 Å². The fraction of sp³-hybridized carbons (Fsp3) is 0.667. The van der Waals surface area contributed by atoms with Gasteiger partial charge in [-0.05, 0) is 61.5 Å². The molecule has 27 heavy (non-hydrogen) atoms. The molecule has 0 aromatic heterocycles. The highest BCUT2D eigenvalue weighted by Gasteiger charge is 2.55. The number of carbonyl (C=O) groups excluding carboxylic acids is 1. The quantitative estimate of drug-likeness (QED) is 0.505. The smallest absolute Gasteiger partial charge is 0.410 e. The molecule has 6 heteroatoms. The summed E-state index contributed by atoms with van der Waals surface area (Å²) in [6, 6.07) is 8.21. The third-order valence-electron chi connectivity index (χ3n) is 6.74. The van der Waals surface area contributed by atoms with E-state index in [4.69, 9.17) is 9.16 Å². The van der Waals surface area contributed by atoms with Crippen molar-refractivity contribution in [2.24, 2.45) is 0 Å². The third-order valence-corrected chi connectivity index (χ3v) is 11.7. The Kier molecular flexibility index (Phi) is 5.82. The van der Waals surface area contributed by atoms with Gasteiger partial charge in [-0.1, -0.05) is 48.8 Å². The van der Waals surface area contributed by atoms with Crippen LogP contribution in [0.4, 0.5) is 4.79 Å². The first-order valence-electron chi connectivity index (χ1n) is 9.89. The van der Waals surface area contributed by atoms with Gasteiger partial charge < -0.3 is 9.16 Å². The summed E-state index contributed by atoms with van der Waals surface area (Å²) in [6.07, 6.45) is 4.00. The van der Waals surface area contributed by atoms with E-state index < -0.39 is 8.32 Å². The number of nitrogens with zero attached hydrogens (tertiary/aromatic N) is 1. The molecule has 1 aromatic carbocycles. The molecule has 0 spiro atoms. The lowest BCUT2D eigenvalue weighted by Gasteiger charge is -2.41. The number of hydrogen-bond donors (Lipinski definition) is 0. The number of carbonyl (C=O) groups is 1. The summed E-state index contributed by atoms with van der Waals surface area (Å²) < 4.78 is 13.2. The number of amides is 1.